The van der Waals surface area contributed by atoms with Gasteiger partial charge in [-0.25, -0.2) is 0 Å². The number of β-amino-alcohol motifs (C(OH)–C–C–N with tert-alkyl or cyclic N) is 1. The van der Waals surface area contributed by atoms with Crippen LogP contribution in [0.15, 0.2) is 24.3 Å². The van der Waals surface area contributed by atoms with Crippen LogP contribution in [0, 0.1) is 0 Å². The molecule has 4 N–H and O–H groups in total. The average molecular weight is 297 g/mol. The Morgan fingerprint density at radius 3 is 2.57 bits per heavy atom. The van der Waals surface area contributed by atoms with Crippen molar-refractivity contribution in [2.75, 3.05) is 26.8 Å². The van der Waals surface area contributed by atoms with E-state index in [4.69, 9.17) is 4.74 Å². The van der Waals surface area contributed by atoms with E-state index in [1.165, 1.54) is 0 Å². The van der Waals surface area contributed by atoms with E-state index in [9.17, 15) is 20.4 Å². The maximum absolute atomic E-state index is 9.94. The number of para-hydroxylation sites is 1. The number of benzene rings is 1. The number of nitrogens with zero attached hydrogens (tertiary/aromatic N) is 1. The molecule has 21 heavy (non-hydrogen) atoms. The number of likely N-dealkylation sites (tertiary alicyclic amines) is 1. The van der Waals surface area contributed by atoms with Gasteiger partial charge in [-0.1, -0.05) is 18.2 Å². The topological polar surface area (TPSA) is 93.4 Å². The van der Waals surface area contributed by atoms with Crippen LogP contribution in [0.4, 0.5) is 0 Å². The van der Waals surface area contributed by atoms with Crippen molar-refractivity contribution >= 4 is 0 Å². The second-order valence-corrected chi connectivity index (χ2v) is 5.36. The van der Waals surface area contributed by atoms with Gasteiger partial charge in [0.2, 0.25) is 0 Å². The SMILES string of the molecule is COc1ccccc1CCN1C[C@H](O)[C@@H](O)[C@H](O)[C@H]1CO. The van der Waals surface area contributed by atoms with E-state index in [1.54, 1.807) is 12.0 Å². The summed E-state index contributed by atoms with van der Waals surface area (Å²) in [6.45, 7) is 0.502. The van der Waals surface area contributed by atoms with E-state index < -0.39 is 24.4 Å². The van der Waals surface area contributed by atoms with Gasteiger partial charge in [0.1, 0.15) is 18.0 Å². The fourth-order valence-electron chi connectivity index (χ4n) is 2.81. The zero-order chi connectivity index (χ0) is 15.4. The second kappa shape index (κ2) is 7.20. The van der Waals surface area contributed by atoms with Gasteiger partial charge in [0, 0.05) is 13.1 Å². The van der Waals surface area contributed by atoms with Gasteiger partial charge in [-0.05, 0) is 18.1 Å². The van der Waals surface area contributed by atoms with Gasteiger partial charge in [-0.15, -0.1) is 0 Å². The number of rotatable bonds is 5. The smallest absolute Gasteiger partial charge is 0.122 e. The third-order valence-electron chi connectivity index (χ3n) is 4.08. The molecule has 118 valence electrons. The van der Waals surface area contributed by atoms with Crippen molar-refractivity contribution in [3.63, 3.8) is 0 Å². The summed E-state index contributed by atoms with van der Waals surface area (Å²) in [6, 6.07) is 7.08. The Balaban J connectivity index is 2.04. The predicted octanol–water partition coefficient (Wildman–Crippen LogP) is -1.00. The van der Waals surface area contributed by atoms with Crippen LogP contribution < -0.4 is 4.74 Å². The molecular weight excluding hydrogens is 274 g/mol. The second-order valence-electron chi connectivity index (χ2n) is 5.36. The number of ether oxygens (including phenoxy) is 1. The van der Waals surface area contributed by atoms with E-state index >= 15 is 0 Å². The summed E-state index contributed by atoms with van der Waals surface area (Å²) in [4.78, 5) is 1.80. The van der Waals surface area contributed by atoms with E-state index in [0.717, 1.165) is 11.3 Å². The first kappa shape index (κ1) is 16.2. The first-order chi connectivity index (χ1) is 10.1. The van der Waals surface area contributed by atoms with Crippen molar-refractivity contribution < 1.29 is 25.2 Å². The molecule has 1 fully saturated rings. The van der Waals surface area contributed by atoms with Crippen molar-refractivity contribution in [3.05, 3.63) is 29.8 Å². The molecule has 0 spiro atoms. The van der Waals surface area contributed by atoms with Crippen LogP contribution in [0.25, 0.3) is 0 Å². The molecule has 1 aliphatic rings. The van der Waals surface area contributed by atoms with E-state index in [1.807, 2.05) is 24.3 Å². The van der Waals surface area contributed by atoms with Crippen molar-refractivity contribution in [1.82, 2.24) is 4.90 Å². The van der Waals surface area contributed by atoms with Crippen LogP contribution in [0.3, 0.4) is 0 Å². The average Bonchev–Trinajstić information content (AvgIpc) is 2.51. The van der Waals surface area contributed by atoms with Crippen LogP contribution in [0.1, 0.15) is 5.56 Å². The summed E-state index contributed by atoms with van der Waals surface area (Å²) in [5.41, 5.74) is 1.02. The molecule has 1 saturated heterocycles. The molecule has 1 heterocycles. The van der Waals surface area contributed by atoms with Crippen LogP contribution in [0.2, 0.25) is 0 Å². The number of methoxy groups -OCH3 is 1. The molecule has 0 saturated carbocycles. The summed E-state index contributed by atoms with van der Waals surface area (Å²) < 4.78 is 5.29. The highest BCUT2D eigenvalue weighted by atomic mass is 16.5. The zero-order valence-corrected chi connectivity index (χ0v) is 12.1. The molecule has 0 aromatic heterocycles. The molecule has 0 radical (unpaired) electrons. The molecule has 1 aromatic carbocycles. The van der Waals surface area contributed by atoms with Crippen LogP contribution in [-0.2, 0) is 6.42 Å². The summed E-state index contributed by atoms with van der Waals surface area (Å²) >= 11 is 0. The molecule has 6 nitrogen and oxygen atoms in total. The van der Waals surface area contributed by atoms with E-state index in [-0.39, 0.29) is 13.2 Å². The fraction of sp³-hybridized carbons (Fsp3) is 0.600. The van der Waals surface area contributed by atoms with Crippen LogP contribution in [-0.4, -0.2) is 76.5 Å². The summed E-state index contributed by atoms with van der Waals surface area (Å²) in [5, 5.41) is 38.8. The lowest BCUT2D eigenvalue weighted by atomic mass is 9.94. The van der Waals surface area contributed by atoms with Gasteiger partial charge in [0.15, 0.2) is 0 Å². The molecule has 6 heteroatoms. The lowest BCUT2D eigenvalue weighted by Gasteiger charge is -2.43. The standard InChI is InChI=1S/C15H23NO5/c1-21-13-5-3-2-4-10(13)6-7-16-8-12(18)15(20)14(19)11(16)9-17/h2-5,11-12,14-15,17-20H,6-9H2,1H3/t11-,12+,14-,15-/m1/s1. The first-order valence-corrected chi connectivity index (χ1v) is 7.09. The lowest BCUT2D eigenvalue weighted by Crippen LogP contribution is -2.62. The van der Waals surface area contributed by atoms with E-state index in [0.29, 0.717) is 13.0 Å². The third-order valence-corrected chi connectivity index (χ3v) is 4.08. The Labute approximate surface area is 124 Å². The van der Waals surface area contributed by atoms with Gasteiger partial charge < -0.3 is 25.2 Å². The number of hydrogen-bond acceptors (Lipinski definition) is 6. The first-order valence-electron chi connectivity index (χ1n) is 7.09. The van der Waals surface area contributed by atoms with Crippen molar-refractivity contribution in [3.8, 4) is 5.75 Å². The Kier molecular flexibility index (Phi) is 5.55. The molecule has 0 bridgehead atoms. The maximum atomic E-state index is 9.94. The number of aliphatic hydroxyl groups excluding tert-OH is 4. The summed E-state index contributed by atoms with van der Waals surface area (Å²) in [7, 11) is 1.61. The third kappa shape index (κ3) is 3.53. The normalized spacial score (nSPS) is 30.3. The van der Waals surface area contributed by atoms with E-state index in [2.05, 4.69) is 0 Å². The van der Waals surface area contributed by atoms with Crippen molar-refractivity contribution in [1.29, 1.82) is 0 Å². The minimum atomic E-state index is -1.22. The molecule has 0 unspecified atom stereocenters. The molecule has 0 aliphatic carbocycles. The van der Waals surface area contributed by atoms with Gasteiger partial charge >= 0.3 is 0 Å². The number of aliphatic hydroxyl groups is 4. The number of hydrogen-bond donors (Lipinski definition) is 4. The quantitative estimate of drug-likeness (QED) is 0.557. The van der Waals surface area contributed by atoms with Crippen LogP contribution >= 0.6 is 0 Å². The maximum Gasteiger partial charge on any atom is 0.122 e. The van der Waals surface area contributed by atoms with Gasteiger partial charge in [-0.3, -0.25) is 4.90 Å². The molecular formula is C15H23NO5. The minimum Gasteiger partial charge on any atom is -0.496 e. The molecule has 2 rings (SSSR count). The van der Waals surface area contributed by atoms with Crippen molar-refractivity contribution in [2.45, 2.75) is 30.8 Å². The molecule has 0 amide bonds. The highest BCUT2D eigenvalue weighted by Crippen LogP contribution is 2.22. The monoisotopic (exact) mass is 297 g/mol. The summed E-state index contributed by atoms with van der Waals surface area (Å²) in [6.07, 6.45) is -2.72. The van der Waals surface area contributed by atoms with Gasteiger partial charge in [-0.2, -0.15) is 0 Å². The Morgan fingerprint density at radius 1 is 1.19 bits per heavy atom. The highest BCUT2D eigenvalue weighted by molar-refractivity contribution is 5.33. The molecule has 4 atom stereocenters. The van der Waals surface area contributed by atoms with Gasteiger partial charge in [0.05, 0.1) is 25.9 Å². The fourth-order valence-corrected chi connectivity index (χ4v) is 2.81. The summed E-state index contributed by atoms with van der Waals surface area (Å²) in [5.74, 6) is 0.788. The van der Waals surface area contributed by atoms with Crippen molar-refractivity contribution in [2.24, 2.45) is 0 Å². The minimum absolute atomic E-state index is 0.221. The largest absolute Gasteiger partial charge is 0.496 e. The molecule has 1 aromatic rings. The Bertz CT molecular complexity index is 455. The predicted molar refractivity (Wildman–Crippen MR) is 77.2 cm³/mol. The Hall–Kier alpha value is -1.18. The van der Waals surface area contributed by atoms with Crippen LogP contribution in [0.5, 0.6) is 5.75 Å². The lowest BCUT2D eigenvalue weighted by molar-refractivity contribution is -0.144. The highest BCUT2D eigenvalue weighted by Gasteiger charge is 2.40. The number of piperidine rings is 1. The zero-order valence-electron chi connectivity index (χ0n) is 12.1. The molecule has 1 aliphatic heterocycles. The Morgan fingerprint density at radius 2 is 1.90 bits per heavy atom. The van der Waals surface area contributed by atoms with Gasteiger partial charge in [0.25, 0.3) is 0 Å².